The number of piperidine rings is 1. The average Bonchev–Trinajstić information content (AvgIpc) is 2.48. The highest BCUT2D eigenvalue weighted by atomic mass is 32.2. The Hall–Kier alpha value is -1.50. The Balaban J connectivity index is 2.04. The maximum absolute atomic E-state index is 12.4. The third kappa shape index (κ3) is 3.78. The first-order chi connectivity index (χ1) is 9.91. The van der Waals surface area contributed by atoms with Crippen LogP contribution in [0.1, 0.15) is 24.8 Å². The molecule has 0 spiro atoms. The molecule has 0 bridgehead atoms. The summed E-state index contributed by atoms with van der Waals surface area (Å²) in [5.41, 5.74) is 0.624. The zero-order valence-electron chi connectivity index (χ0n) is 11.5. The van der Waals surface area contributed by atoms with Crippen molar-refractivity contribution in [3.63, 3.8) is 0 Å². The molecule has 1 amide bonds. The number of benzene rings is 1. The van der Waals surface area contributed by atoms with E-state index in [2.05, 4.69) is 0 Å². The molecule has 116 valence electrons. The molecule has 1 aromatic carbocycles. The Morgan fingerprint density at radius 1 is 1.10 bits per heavy atom. The van der Waals surface area contributed by atoms with E-state index in [1.807, 2.05) is 0 Å². The number of hydrogen-bond donors (Lipinski definition) is 0. The first-order valence-corrected chi connectivity index (χ1v) is 8.34. The predicted octanol–water partition coefficient (Wildman–Crippen LogP) is 2.24. The number of alkyl halides is 2. The average molecular weight is 317 g/mol. The van der Waals surface area contributed by atoms with Crippen LogP contribution in [0.3, 0.4) is 0 Å². The van der Waals surface area contributed by atoms with Crippen LogP contribution in [0.2, 0.25) is 0 Å². The second kappa shape index (κ2) is 6.51. The van der Waals surface area contributed by atoms with Gasteiger partial charge in [0.2, 0.25) is 15.7 Å². The molecule has 1 aromatic rings. The van der Waals surface area contributed by atoms with Crippen LogP contribution in [0, 0.1) is 0 Å². The number of nitrogens with zero attached hydrogens (tertiary/aromatic N) is 1. The van der Waals surface area contributed by atoms with Crippen LogP contribution in [0.15, 0.2) is 29.2 Å². The van der Waals surface area contributed by atoms with Crippen LogP contribution >= 0.6 is 0 Å². The van der Waals surface area contributed by atoms with Gasteiger partial charge in [0.1, 0.15) is 0 Å². The van der Waals surface area contributed by atoms with Crippen molar-refractivity contribution >= 4 is 15.7 Å². The highest BCUT2D eigenvalue weighted by Crippen LogP contribution is 2.19. The molecule has 7 heteroatoms. The van der Waals surface area contributed by atoms with Gasteiger partial charge in [0, 0.05) is 13.1 Å². The lowest BCUT2D eigenvalue weighted by Gasteiger charge is -2.26. The van der Waals surface area contributed by atoms with Crippen molar-refractivity contribution in [2.24, 2.45) is 0 Å². The van der Waals surface area contributed by atoms with Gasteiger partial charge < -0.3 is 4.90 Å². The Labute approximate surface area is 122 Å². The van der Waals surface area contributed by atoms with Crippen molar-refractivity contribution in [2.75, 3.05) is 13.1 Å². The molecule has 0 aromatic heterocycles. The third-order valence-electron chi connectivity index (χ3n) is 3.55. The van der Waals surface area contributed by atoms with Crippen LogP contribution in [0.4, 0.5) is 8.78 Å². The summed E-state index contributed by atoms with van der Waals surface area (Å²) < 4.78 is 47.4. The van der Waals surface area contributed by atoms with Crippen LogP contribution in [-0.4, -0.2) is 38.1 Å². The minimum atomic E-state index is -4.57. The lowest BCUT2D eigenvalue weighted by atomic mass is 10.1. The van der Waals surface area contributed by atoms with Crippen molar-refractivity contribution in [2.45, 2.75) is 36.3 Å². The summed E-state index contributed by atoms with van der Waals surface area (Å²) in [6.07, 6.45) is 3.29. The number of amides is 1. The van der Waals surface area contributed by atoms with Gasteiger partial charge in [-0.25, -0.2) is 8.42 Å². The fraction of sp³-hybridized carbons (Fsp3) is 0.500. The van der Waals surface area contributed by atoms with Gasteiger partial charge in [0.25, 0.3) is 0 Å². The van der Waals surface area contributed by atoms with E-state index < -0.39 is 20.5 Å². The largest absolute Gasteiger partial charge is 0.342 e. The molecule has 1 aliphatic rings. The molecule has 0 atom stereocenters. The van der Waals surface area contributed by atoms with Gasteiger partial charge in [0.05, 0.1) is 11.3 Å². The monoisotopic (exact) mass is 317 g/mol. The molecule has 0 aliphatic carbocycles. The van der Waals surface area contributed by atoms with Crippen molar-refractivity contribution in [1.29, 1.82) is 0 Å². The molecular formula is C14H17F2NO3S. The molecule has 0 N–H and O–H groups in total. The molecule has 4 nitrogen and oxygen atoms in total. The number of carbonyl (C=O) groups is 1. The normalized spacial score (nSPS) is 16.2. The van der Waals surface area contributed by atoms with Gasteiger partial charge in [-0.15, -0.1) is 0 Å². The molecule has 21 heavy (non-hydrogen) atoms. The summed E-state index contributed by atoms with van der Waals surface area (Å²) >= 11 is 0. The Morgan fingerprint density at radius 2 is 1.67 bits per heavy atom. The van der Waals surface area contributed by atoms with Crippen LogP contribution in [0.25, 0.3) is 0 Å². The lowest BCUT2D eigenvalue weighted by molar-refractivity contribution is -0.131. The predicted molar refractivity (Wildman–Crippen MR) is 73.8 cm³/mol. The Bertz CT molecular complexity index is 593. The van der Waals surface area contributed by atoms with Crippen molar-refractivity contribution in [1.82, 2.24) is 4.90 Å². The standard InChI is InChI=1S/C14H17F2NO3S/c15-14(16)21(19,20)12-6-4-11(5-7-12)10-13(18)17-8-2-1-3-9-17/h4-7,14H,1-3,8-10H2. The minimum absolute atomic E-state index is 0.0147. The summed E-state index contributed by atoms with van der Waals surface area (Å²) in [6.45, 7) is 1.49. The number of carbonyl (C=O) groups excluding carboxylic acids is 1. The molecule has 1 saturated heterocycles. The van der Waals surface area contributed by atoms with Gasteiger partial charge in [-0.05, 0) is 37.0 Å². The van der Waals surface area contributed by atoms with Crippen molar-refractivity contribution in [3.8, 4) is 0 Å². The minimum Gasteiger partial charge on any atom is -0.342 e. The molecule has 1 aliphatic heterocycles. The van der Waals surface area contributed by atoms with Gasteiger partial charge in [-0.1, -0.05) is 12.1 Å². The van der Waals surface area contributed by atoms with Crippen molar-refractivity contribution < 1.29 is 22.0 Å². The second-order valence-electron chi connectivity index (χ2n) is 5.07. The molecule has 0 radical (unpaired) electrons. The van der Waals surface area contributed by atoms with Gasteiger partial charge in [-0.2, -0.15) is 8.78 Å². The summed E-state index contributed by atoms with van der Waals surface area (Å²) in [7, 11) is -4.57. The first-order valence-electron chi connectivity index (χ1n) is 6.80. The Kier molecular flexibility index (Phi) is 4.92. The van der Waals surface area contributed by atoms with E-state index in [-0.39, 0.29) is 12.3 Å². The first kappa shape index (κ1) is 15.9. The fourth-order valence-electron chi connectivity index (χ4n) is 2.33. The number of halogens is 2. The molecule has 0 saturated carbocycles. The van der Waals surface area contributed by atoms with Crippen LogP contribution in [0.5, 0.6) is 0 Å². The summed E-state index contributed by atoms with van der Waals surface area (Å²) in [4.78, 5) is 13.4. The number of likely N-dealkylation sites (tertiary alicyclic amines) is 1. The van der Waals surface area contributed by atoms with E-state index in [1.54, 1.807) is 4.90 Å². The van der Waals surface area contributed by atoms with E-state index in [4.69, 9.17) is 0 Å². The smallest absolute Gasteiger partial charge is 0.341 e. The number of sulfone groups is 1. The highest BCUT2D eigenvalue weighted by Gasteiger charge is 2.26. The van der Waals surface area contributed by atoms with E-state index in [9.17, 15) is 22.0 Å². The topological polar surface area (TPSA) is 54.5 Å². The van der Waals surface area contributed by atoms with E-state index in [0.29, 0.717) is 5.56 Å². The Morgan fingerprint density at radius 3 is 2.19 bits per heavy atom. The SMILES string of the molecule is O=C(Cc1ccc(S(=O)(=O)C(F)F)cc1)N1CCCCC1. The number of rotatable bonds is 4. The zero-order chi connectivity index (χ0) is 15.5. The fourth-order valence-corrected chi connectivity index (χ4v) is 3.05. The van der Waals surface area contributed by atoms with Gasteiger partial charge in [0.15, 0.2) is 0 Å². The third-order valence-corrected chi connectivity index (χ3v) is 4.95. The molecule has 0 unspecified atom stereocenters. The van der Waals surface area contributed by atoms with Crippen LogP contribution in [-0.2, 0) is 21.1 Å². The van der Waals surface area contributed by atoms with Gasteiger partial charge in [-0.3, -0.25) is 4.79 Å². The van der Waals surface area contributed by atoms with Crippen molar-refractivity contribution in [3.05, 3.63) is 29.8 Å². The molecular weight excluding hydrogens is 300 g/mol. The van der Waals surface area contributed by atoms with Gasteiger partial charge >= 0.3 is 5.76 Å². The quantitative estimate of drug-likeness (QED) is 0.856. The lowest BCUT2D eigenvalue weighted by Crippen LogP contribution is -2.36. The highest BCUT2D eigenvalue weighted by molar-refractivity contribution is 7.91. The summed E-state index contributed by atoms with van der Waals surface area (Å²) in [5.74, 6) is -3.45. The summed E-state index contributed by atoms with van der Waals surface area (Å²) in [6, 6.07) is 5.08. The van der Waals surface area contributed by atoms with E-state index in [0.717, 1.165) is 44.5 Å². The van der Waals surface area contributed by atoms with E-state index >= 15 is 0 Å². The summed E-state index contributed by atoms with van der Waals surface area (Å²) in [5, 5.41) is 0. The molecule has 1 fully saturated rings. The maximum atomic E-state index is 12.4. The maximum Gasteiger partial charge on any atom is 0.341 e. The zero-order valence-corrected chi connectivity index (χ0v) is 12.3. The molecule has 1 heterocycles. The van der Waals surface area contributed by atoms with Crippen LogP contribution < -0.4 is 0 Å². The van der Waals surface area contributed by atoms with E-state index in [1.165, 1.54) is 12.1 Å². The molecule has 2 rings (SSSR count). The number of hydrogen-bond acceptors (Lipinski definition) is 3. The second-order valence-corrected chi connectivity index (χ2v) is 6.99.